The fourth-order valence-electron chi connectivity index (χ4n) is 1.05. The van der Waals surface area contributed by atoms with Gasteiger partial charge in [-0.05, 0) is 39.8 Å². The average Bonchev–Trinajstić information content (AvgIpc) is 2.45. The average molecular weight is 227 g/mol. The largest absolute Gasteiger partial charge is 0.444 e. The van der Waals surface area contributed by atoms with Crippen LogP contribution in [0.25, 0.3) is 0 Å². The van der Waals surface area contributed by atoms with Crippen LogP contribution in [0.2, 0.25) is 0 Å². The first-order valence-corrected chi connectivity index (χ1v) is 5.70. The van der Waals surface area contributed by atoms with Crippen molar-refractivity contribution >= 4 is 17.4 Å². The van der Waals surface area contributed by atoms with Crippen LogP contribution in [-0.2, 0) is 11.3 Å². The molecule has 0 aliphatic heterocycles. The quantitative estimate of drug-likeness (QED) is 0.843. The highest BCUT2D eigenvalue weighted by atomic mass is 32.1. The molecular weight excluding hydrogens is 210 g/mol. The van der Waals surface area contributed by atoms with Crippen molar-refractivity contribution in [3.8, 4) is 0 Å². The summed E-state index contributed by atoms with van der Waals surface area (Å²) in [7, 11) is 0. The number of ether oxygens (including phenoxy) is 1. The minimum absolute atomic E-state index is 0.367. The molecule has 0 radical (unpaired) electrons. The molecule has 0 aliphatic rings. The zero-order chi connectivity index (χ0) is 11.5. The highest BCUT2D eigenvalue weighted by Gasteiger charge is 2.15. The van der Waals surface area contributed by atoms with E-state index >= 15 is 0 Å². The van der Waals surface area contributed by atoms with Crippen molar-refractivity contribution in [2.45, 2.75) is 39.8 Å². The van der Waals surface area contributed by atoms with Gasteiger partial charge >= 0.3 is 6.09 Å². The van der Waals surface area contributed by atoms with Gasteiger partial charge in [0.1, 0.15) is 5.60 Å². The Morgan fingerprint density at radius 3 is 2.60 bits per heavy atom. The SMILES string of the molecule is Cc1ccc(CNC(=O)OC(C)(C)C)s1. The monoisotopic (exact) mass is 227 g/mol. The molecule has 0 atom stereocenters. The van der Waals surface area contributed by atoms with Crippen LogP contribution >= 0.6 is 11.3 Å². The van der Waals surface area contributed by atoms with Crippen LogP contribution in [0.15, 0.2) is 12.1 Å². The first kappa shape index (κ1) is 12.0. The summed E-state index contributed by atoms with van der Waals surface area (Å²) >= 11 is 1.68. The molecule has 0 aromatic carbocycles. The van der Waals surface area contributed by atoms with E-state index in [4.69, 9.17) is 4.74 Å². The van der Waals surface area contributed by atoms with Crippen LogP contribution < -0.4 is 5.32 Å². The van der Waals surface area contributed by atoms with Crippen molar-refractivity contribution in [1.82, 2.24) is 5.32 Å². The lowest BCUT2D eigenvalue weighted by molar-refractivity contribution is 0.0524. The number of thiophene rings is 1. The smallest absolute Gasteiger partial charge is 0.407 e. The first-order chi connectivity index (χ1) is 6.87. The molecule has 1 aromatic heterocycles. The van der Waals surface area contributed by atoms with E-state index in [1.165, 1.54) is 4.88 Å². The van der Waals surface area contributed by atoms with Crippen LogP contribution in [0.3, 0.4) is 0 Å². The van der Waals surface area contributed by atoms with Gasteiger partial charge in [0.05, 0.1) is 6.54 Å². The minimum Gasteiger partial charge on any atom is -0.444 e. The summed E-state index contributed by atoms with van der Waals surface area (Å²) in [6, 6.07) is 4.05. The molecule has 4 heteroatoms. The molecule has 1 N–H and O–H groups in total. The van der Waals surface area contributed by atoms with E-state index in [1.54, 1.807) is 11.3 Å². The van der Waals surface area contributed by atoms with E-state index in [0.29, 0.717) is 6.54 Å². The van der Waals surface area contributed by atoms with Crippen LogP contribution in [-0.4, -0.2) is 11.7 Å². The standard InChI is InChI=1S/C11H17NO2S/c1-8-5-6-9(15-8)7-12-10(13)14-11(2,3)4/h5-6H,7H2,1-4H3,(H,12,13). The second-order valence-electron chi connectivity index (χ2n) is 4.37. The van der Waals surface area contributed by atoms with Gasteiger partial charge < -0.3 is 10.1 Å². The molecule has 1 rings (SSSR count). The summed E-state index contributed by atoms with van der Waals surface area (Å²) in [5, 5.41) is 2.72. The number of carbonyl (C=O) groups is 1. The lowest BCUT2D eigenvalue weighted by Gasteiger charge is -2.19. The number of aryl methyl sites for hydroxylation is 1. The van der Waals surface area contributed by atoms with Gasteiger partial charge in [-0.3, -0.25) is 0 Å². The summed E-state index contributed by atoms with van der Waals surface area (Å²) in [5.41, 5.74) is -0.435. The van der Waals surface area contributed by atoms with Crippen molar-refractivity contribution in [2.24, 2.45) is 0 Å². The molecule has 0 unspecified atom stereocenters. The topological polar surface area (TPSA) is 38.3 Å². The lowest BCUT2D eigenvalue weighted by Crippen LogP contribution is -2.31. The van der Waals surface area contributed by atoms with E-state index in [-0.39, 0.29) is 6.09 Å². The third kappa shape index (κ3) is 4.83. The Balaban J connectivity index is 2.35. The van der Waals surface area contributed by atoms with Crippen molar-refractivity contribution in [2.75, 3.05) is 0 Å². The Hall–Kier alpha value is -1.03. The Kier molecular flexibility index (Phi) is 3.74. The fourth-order valence-corrected chi connectivity index (χ4v) is 1.88. The van der Waals surface area contributed by atoms with Gasteiger partial charge in [0.15, 0.2) is 0 Å². The number of alkyl carbamates (subject to hydrolysis) is 1. The zero-order valence-corrected chi connectivity index (χ0v) is 10.4. The van der Waals surface area contributed by atoms with Crippen LogP contribution in [0.1, 0.15) is 30.5 Å². The number of amides is 1. The predicted molar refractivity (Wildman–Crippen MR) is 62.1 cm³/mol. The number of rotatable bonds is 2. The molecule has 0 spiro atoms. The van der Waals surface area contributed by atoms with Crippen molar-refractivity contribution in [1.29, 1.82) is 0 Å². The van der Waals surface area contributed by atoms with Crippen LogP contribution in [0.5, 0.6) is 0 Å². The predicted octanol–water partition coefficient (Wildman–Crippen LogP) is 3.08. The number of hydrogen-bond acceptors (Lipinski definition) is 3. The third-order valence-corrected chi connectivity index (χ3v) is 2.60. The fraction of sp³-hybridized carbons (Fsp3) is 0.545. The zero-order valence-electron chi connectivity index (χ0n) is 9.59. The molecule has 3 nitrogen and oxygen atoms in total. The molecular formula is C11H17NO2S. The summed E-state index contributed by atoms with van der Waals surface area (Å²) < 4.78 is 5.12. The molecule has 84 valence electrons. The second kappa shape index (κ2) is 4.66. The molecule has 0 saturated carbocycles. The molecule has 0 saturated heterocycles. The summed E-state index contributed by atoms with van der Waals surface area (Å²) in [5.74, 6) is 0. The summed E-state index contributed by atoms with van der Waals surface area (Å²) in [6.07, 6.45) is -0.367. The maximum absolute atomic E-state index is 11.3. The van der Waals surface area contributed by atoms with Crippen molar-refractivity contribution in [3.05, 3.63) is 21.9 Å². The highest BCUT2D eigenvalue weighted by Crippen LogP contribution is 2.14. The van der Waals surface area contributed by atoms with E-state index in [2.05, 4.69) is 5.32 Å². The first-order valence-electron chi connectivity index (χ1n) is 4.89. The molecule has 15 heavy (non-hydrogen) atoms. The lowest BCUT2D eigenvalue weighted by atomic mass is 10.2. The molecule has 0 fully saturated rings. The van der Waals surface area contributed by atoms with E-state index < -0.39 is 5.60 Å². The van der Waals surface area contributed by atoms with Gasteiger partial charge in [0.25, 0.3) is 0 Å². The maximum atomic E-state index is 11.3. The molecule has 1 heterocycles. The summed E-state index contributed by atoms with van der Waals surface area (Å²) in [6.45, 7) is 8.13. The van der Waals surface area contributed by atoms with E-state index in [1.807, 2.05) is 39.8 Å². The van der Waals surface area contributed by atoms with Crippen molar-refractivity contribution < 1.29 is 9.53 Å². The van der Waals surface area contributed by atoms with Gasteiger partial charge in [-0.15, -0.1) is 11.3 Å². The maximum Gasteiger partial charge on any atom is 0.407 e. The Morgan fingerprint density at radius 2 is 2.13 bits per heavy atom. The molecule has 0 bridgehead atoms. The van der Waals surface area contributed by atoms with Gasteiger partial charge in [-0.25, -0.2) is 4.79 Å². The Labute approximate surface area is 94.5 Å². The second-order valence-corrected chi connectivity index (χ2v) is 5.74. The summed E-state index contributed by atoms with van der Waals surface area (Å²) in [4.78, 5) is 13.7. The van der Waals surface area contributed by atoms with Crippen LogP contribution in [0, 0.1) is 6.92 Å². The van der Waals surface area contributed by atoms with Crippen molar-refractivity contribution in [3.63, 3.8) is 0 Å². The normalized spacial score (nSPS) is 11.2. The number of nitrogens with one attached hydrogen (secondary N) is 1. The molecule has 1 amide bonds. The Bertz CT molecular complexity index is 339. The van der Waals surface area contributed by atoms with E-state index in [0.717, 1.165) is 4.88 Å². The number of hydrogen-bond donors (Lipinski definition) is 1. The Morgan fingerprint density at radius 1 is 1.47 bits per heavy atom. The minimum atomic E-state index is -0.435. The molecule has 0 aliphatic carbocycles. The van der Waals surface area contributed by atoms with Gasteiger partial charge in [0.2, 0.25) is 0 Å². The van der Waals surface area contributed by atoms with E-state index in [9.17, 15) is 4.79 Å². The van der Waals surface area contributed by atoms with Gasteiger partial charge in [-0.2, -0.15) is 0 Å². The highest BCUT2D eigenvalue weighted by molar-refractivity contribution is 7.11. The van der Waals surface area contributed by atoms with Gasteiger partial charge in [0, 0.05) is 9.75 Å². The van der Waals surface area contributed by atoms with Crippen LogP contribution in [0.4, 0.5) is 4.79 Å². The number of carbonyl (C=O) groups excluding carboxylic acids is 1. The third-order valence-electron chi connectivity index (χ3n) is 1.60. The molecule has 1 aromatic rings. The van der Waals surface area contributed by atoms with Gasteiger partial charge in [-0.1, -0.05) is 0 Å².